The largest absolute Gasteiger partial charge is 0.394 e. The Balaban J connectivity index is 2.31. The average molecular weight is 313 g/mol. The number of halogens is 1. The lowest BCUT2D eigenvalue weighted by Crippen LogP contribution is -2.47. The first-order valence-corrected chi connectivity index (χ1v) is 6.84. The summed E-state index contributed by atoms with van der Waals surface area (Å²) in [5.74, 6) is -0.109. The molecule has 1 saturated heterocycles. The predicted octanol–water partition coefficient (Wildman–Crippen LogP) is 1.52. The van der Waals surface area contributed by atoms with Gasteiger partial charge in [-0.2, -0.15) is 0 Å². The van der Waals surface area contributed by atoms with Gasteiger partial charge in [-0.3, -0.25) is 4.79 Å². The van der Waals surface area contributed by atoms with Crippen LogP contribution < -0.4 is 10.2 Å². The van der Waals surface area contributed by atoms with Gasteiger partial charge in [0.15, 0.2) is 0 Å². The molecule has 4 nitrogen and oxygen atoms in total. The molecule has 1 aromatic carbocycles. The molecule has 2 atom stereocenters. The molecule has 1 aliphatic rings. The highest BCUT2D eigenvalue weighted by Gasteiger charge is 2.29. The number of hydrogen-bond acceptors (Lipinski definition) is 3. The van der Waals surface area contributed by atoms with Crippen LogP contribution in [-0.2, 0) is 4.79 Å². The number of carbonyl (C=O) groups is 1. The standard InChI is InChI=1S/C13H17BrN2O2/c1-9-5-6-16(12(8-17)13(18)15-9)11-4-2-3-10(14)7-11/h2-4,7,9,12,17H,5-6,8H2,1H3,(H,15,18). The lowest BCUT2D eigenvalue weighted by Gasteiger charge is -2.29. The number of aliphatic hydroxyl groups is 1. The Kier molecular flexibility index (Phi) is 4.24. The molecule has 2 unspecified atom stereocenters. The lowest BCUT2D eigenvalue weighted by molar-refractivity contribution is -0.123. The van der Waals surface area contributed by atoms with Crippen molar-refractivity contribution in [1.29, 1.82) is 0 Å². The van der Waals surface area contributed by atoms with E-state index in [1.54, 1.807) is 0 Å². The van der Waals surface area contributed by atoms with Gasteiger partial charge in [0.25, 0.3) is 0 Å². The van der Waals surface area contributed by atoms with Crippen LogP contribution in [-0.4, -0.2) is 36.2 Å². The Morgan fingerprint density at radius 3 is 3.00 bits per heavy atom. The zero-order valence-electron chi connectivity index (χ0n) is 10.3. The van der Waals surface area contributed by atoms with E-state index in [9.17, 15) is 9.90 Å². The fraction of sp³-hybridized carbons (Fsp3) is 0.462. The van der Waals surface area contributed by atoms with Gasteiger partial charge in [-0.1, -0.05) is 22.0 Å². The second-order valence-corrected chi connectivity index (χ2v) is 5.49. The van der Waals surface area contributed by atoms with Crippen molar-refractivity contribution in [3.8, 4) is 0 Å². The number of amides is 1. The average Bonchev–Trinajstić information content (AvgIpc) is 2.47. The van der Waals surface area contributed by atoms with E-state index in [1.807, 2.05) is 36.1 Å². The molecule has 1 aromatic rings. The Bertz CT molecular complexity index is 439. The highest BCUT2D eigenvalue weighted by Crippen LogP contribution is 2.23. The summed E-state index contributed by atoms with van der Waals surface area (Å²) in [5.41, 5.74) is 0.952. The van der Waals surface area contributed by atoms with E-state index >= 15 is 0 Å². The molecule has 0 radical (unpaired) electrons. The van der Waals surface area contributed by atoms with E-state index < -0.39 is 6.04 Å². The number of nitrogens with one attached hydrogen (secondary N) is 1. The summed E-state index contributed by atoms with van der Waals surface area (Å²) < 4.78 is 0.967. The van der Waals surface area contributed by atoms with Crippen LogP contribution in [0, 0.1) is 0 Å². The third-order valence-electron chi connectivity index (χ3n) is 3.18. The van der Waals surface area contributed by atoms with Crippen molar-refractivity contribution in [3.63, 3.8) is 0 Å². The van der Waals surface area contributed by atoms with Crippen LogP contribution in [0.2, 0.25) is 0 Å². The van der Waals surface area contributed by atoms with Crippen molar-refractivity contribution in [2.75, 3.05) is 18.1 Å². The molecule has 1 fully saturated rings. The normalized spacial score (nSPS) is 24.6. The van der Waals surface area contributed by atoms with Crippen LogP contribution in [0.4, 0.5) is 5.69 Å². The maximum Gasteiger partial charge on any atom is 0.245 e. The minimum Gasteiger partial charge on any atom is -0.394 e. The summed E-state index contributed by atoms with van der Waals surface area (Å²) >= 11 is 3.43. The van der Waals surface area contributed by atoms with Gasteiger partial charge in [-0.05, 0) is 31.5 Å². The van der Waals surface area contributed by atoms with E-state index in [0.29, 0.717) is 0 Å². The van der Waals surface area contributed by atoms with Crippen LogP contribution in [0.15, 0.2) is 28.7 Å². The maximum atomic E-state index is 12.0. The molecule has 18 heavy (non-hydrogen) atoms. The molecule has 2 N–H and O–H groups in total. The summed E-state index contributed by atoms with van der Waals surface area (Å²) in [5, 5.41) is 12.4. The molecule has 1 aliphatic heterocycles. The molecular formula is C13H17BrN2O2. The van der Waals surface area contributed by atoms with Crippen LogP contribution >= 0.6 is 15.9 Å². The smallest absolute Gasteiger partial charge is 0.245 e. The van der Waals surface area contributed by atoms with Gasteiger partial charge >= 0.3 is 0 Å². The number of benzene rings is 1. The number of carbonyl (C=O) groups excluding carboxylic acids is 1. The van der Waals surface area contributed by atoms with E-state index in [1.165, 1.54) is 0 Å². The molecule has 0 bridgehead atoms. The highest BCUT2D eigenvalue weighted by atomic mass is 79.9. The van der Waals surface area contributed by atoms with Crippen LogP contribution in [0.25, 0.3) is 0 Å². The van der Waals surface area contributed by atoms with Crippen molar-refractivity contribution < 1.29 is 9.90 Å². The molecule has 98 valence electrons. The number of aliphatic hydroxyl groups excluding tert-OH is 1. The quantitative estimate of drug-likeness (QED) is 0.870. The van der Waals surface area contributed by atoms with Crippen LogP contribution in [0.5, 0.6) is 0 Å². The SMILES string of the molecule is CC1CCN(c2cccc(Br)c2)C(CO)C(=O)N1. The van der Waals surface area contributed by atoms with Gasteiger partial charge in [0.05, 0.1) is 6.61 Å². The maximum absolute atomic E-state index is 12.0. The van der Waals surface area contributed by atoms with Crippen LogP contribution in [0.3, 0.4) is 0 Å². The summed E-state index contributed by atoms with van der Waals surface area (Å²) in [6.45, 7) is 2.56. The molecule has 0 aromatic heterocycles. The molecule has 0 aliphatic carbocycles. The zero-order chi connectivity index (χ0) is 13.1. The second kappa shape index (κ2) is 5.71. The zero-order valence-corrected chi connectivity index (χ0v) is 11.9. The van der Waals surface area contributed by atoms with Gasteiger partial charge < -0.3 is 15.3 Å². The van der Waals surface area contributed by atoms with Crippen molar-refractivity contribution >= 4 is 27.5 Å². The van der Waals surface area contributed by atoms with E-state index in [4.69, 9.17) is 0 Å². The Morgan fingerprint density at radius 1 is 1.56 bits per heavy atom. The van der Waals surface area contributed by atoms with Crippen molar-refractivity contribution in [2.45, 2.75) is 25.4 Å². The first-order chi connectivity index (χ1) is 8.61. The molecule has 5 heteroatoms. The van der Waals surface area contributed by atoms with Crippen molar-refractivity contribution in [1.82, 2.24) is 5.32 Å². The highest BCUT2D eigenvalue weighted by molar-refractivity contribution is 9.10. The third-order valence-corrected chi connectivity index (χ3v) is 3.68. The first kappa shape index (κ1) is 13.4. The minimum atomic E-state index is -0.510. The van der Waals surface area contributed by atoms with Gasteiger partial charge in [-0.15, -0.1) is 0 Å². The predicted molar refractivity (Wildman–Crippen MR) is 74.6 cm³/mol. The number of rotatable bonds is 2. The molecule has 1 heterocycles. The second-order valence-electron chi connectivity index (χ2n) is 4.57. The summed E-state index contributed by atoms with van der Waals surface area (Å²) in [4.78, 5) is 14.0. The van der Waals surface area contributed by atoms with Gasteiger partial charge in [-0.25, -0.2) is 0 Å². The topological polar surface area (TPSA) is 52.6 Å². The van der Waals surface area contributed by atoms with Gasteiger partial charge in [0.1, 0.15) is 6.04 Å². The Labute approximate surface area is 115 Å². The summed E-state index contributed by atoms with van der Waals surface area (Å²) in [7, 11) is 0. The van der Waals surface area contributed by atoms with Gasteiger partial charge in [0.2, 0.25) is 5.91 Å². The fourth-order valence-electron chi connectivity index (χ4n) is 2.19. The van der Waals surface area contributed by atoms with E-state index in [0.717, 1.165) is 23.1 Å². The number of nitrogens with zero attached hydrogens (tertiary/aromatic N) is 1. The molecule has 0 saturated carbocycles. The summed E-state index contributed by atoms with van der Waals surface area (Å²) in [6, 6.07) is 7.42. The molecule has 2 rings (SSSR count). The van der Waals surface area contributed by atoms with Crippen LogP contribution in [0.1, 0.15) is 13.3 Å². The lowest BCUT2D eigenvalue weighted by atomic mass is 10.2. The summed E-state index contributed by atoms with van der Waals surface area (Å²) in [6.07, 6.45) is 0.870. The first-order valence-electron chi connectivity index (χ1n) is 6.05. The Morgan fingerprint density at radius 2 is 2.33 bits per heavy atom. The third kappa shape index (κ3) is 2.84. The van der Waals surface area contributed by atoms with Gasteiger partial charge in [0, 0.05) is 22.7 Å². The van der Waals surface area contributed by atoms with E-state index in [2.05, 4.69) is 21.2 Å². The molecular weight excluding hydrogens is 296 g/mol. The Hall–Kier alpha value is -1.07. The van der Waals surface area contributed by atoms with Crippen molar-refractivity contribution in [3.05, 3.63) is 28.7 Å². The van der Waals surface area contributed by atoms with E-state index in [-0.39, 0.29) is 18.6 Å². The number of hydrogen-bond donors (Lipinski definition) is 2. The van der Waals surface area contributed by atoms with Crippen molar-refractivity contribution in [2.24, 2.45) is 0 Å². The molecule has 1 amide bonds. The fourth-order valence-corrected chi connectivity index (χ4v) is 2.57. The molecule has 0 spiro atoms. The number of anilines is 1. The minimum absolute atomic E-state index is 0.109. The monoisotopic (exact) mass is 312 g/mol.